The second kappa shape index (κ2) is 22.2. The van der Waals surface area contributed by atoms with Gasteiger partial charge in [0.25, 0.3) is 19.4 Å². The Morgan fingerprint density at radius 1 is 0.426 bits per heavy atom. The van der Waals surface area contributed by atoms with E-state index in [1.165, 1.54) is 17.0 Å². The molecule has 4 aromatic carbocycles. The first kappa shape index (κ1) is 46.8. The Labute approximate surface area is 401 Å². The third-order valence-corrected chi connectivity index (χ3v) is 13.1. The summed E-state index contributed by atoms with van der Waals surface area (Å²) in [7, 11) is 2.14. The van der Waals surface area contributed by atoms with Gasteiger partial charge in [0, 0.05) is 117 Å². The highest BCUT2D eigenvalue weighted by Gasteiger charge is 2.33. The van der Waals surface area contributed by atoms with Gasteiger partial charge in [-0.05, 0) is 96.7 Å². The van der Waals surface area contributed by atoms with Gasteiger partial charge in [0.1, 0.15) is 17.2 Å². The summed E-state index contributed by atoms with van der Waals surface area (Å²) in [6.45, 7) is 9.03. The summed E-state index contributed by atoms with van der Waals surface area (Å²) in [5.74, 6) is 1.29. The molecule has 350 valence electrons. The molecule has 2 aromatic heterocycles. The molecule has 0 bridgehead atoms. The summed E-state index contributed by atoms with van der Waals surface area (Å²) in [5.41, 5.74) is 5.19. The molecule has 10 rings (SSSR count). The molecule has 0 N–H and O–H groups in total. The van der Waals surface area contributed by atoms with E-state index in [-0.39, 0.29) is 18.1 Å². The number of nitrogens with zero attached hydrogens (tertiary/aromatic N) is 8. The van der Waals surface area contributed by atoms with Crippen molar-refractivity contribution in [3.05, 3.63) is 131 Å². The Bertz CT molecular complexity index is 2570. The number of rotatable bonds is 13. The van der Waals surface area contributed by atoms with Gasteiger partial charge in [-0.15, -0.1) is 11.3 Å². The van der Waals surface area contributed by atoms with E-state index in [2.05, 4.69) is 29.0 Å². The maximum absolute atomic E-state index is 12.9. The summed E-state index contributed by atoms with van der Waals surface area (Å²) >= 11 is 3.10. The van der Waals surface area contributed by atoms with Crippen LogP contribution in [0, 0.1) is 0 Å². The van der Waals surface area contributed by atoms with Gasteiger partial charge in [0.05, 0.1) is 10.7 Å². The standard InChI is InChI=1S/C21H24N4O3.2C14H12N2O3S/c1-22-9-11-23(12-10-22)17-5-7-18(8-6-17)24-13-14-25(21(24)27)19-3-2-4-20(15-19)28-16-26;17-10-19-12-4-1-3-11(9-12)15-6-7-16(14(15)18)13-5-2-8-20-13;17-10-19-13-3-1-2-11(8-13)15-5-6-16(14(15)18)12-4-7-20-9-12/h2-8,15-16H,9-14H2,1H3;1-5,8-10H,6-7H2;1-4,7-10H,5-6H2. The number of carbonyl (C=O) groups excluding carboxylic acids is 6. The van der Waals surface area contributed by atoms with E-state index in [9.17, 15) is 28.8 Å². The van der Waals surface area contributed by atoms with Crippen LogP contribution in [0.15, 0.2) is 131 Å². The van der Waals surface area contributed by atoms with E-state index >= 15 is 0 Å². The fraction of sp³-hybridized carbons (Fsp3) is 0.224. The molecule has 4 saturated heterocycles. The second-order valence-corrected chi connectivity index (χ2v) is 17.3. The van der Waals surface area contributed by atoms with E-state index in [1.807, 2.05) is 64.7 Å². The van der Waals surface area contributed by atoms with Gasteiger partial charge in [0.2, 0.25) is 0 Å². The van der Waals surface area contributed by atoms with Gasteiger partial charge in [0.15, 0.2) is 0 Å². The van der Waals surface area contributed by atoms with Gasteiger partial charge in [-0.1, -0.05) is 18.2 Å². The molecular weight excluding hydrogens is 909 g/mol. The van der Waals surface area contributed by atoms with Crippen molar-refractivity contribution in [2.75, 3.05) is 107 Å². The maximum atomic E-state index is 12.9. The number of amides is 6. The number of likely N-dealkylation sites (N-methyl/N-ethyl adjacent to an activating group) is 1. The lowest BCUT2D eigenvalue weighted by molar-refractivity contribution is -0.121. The Hall–Kier alpha value is -7.74. The molecule has 17 nitrogen and oxygen atoms in total. The fourth-order valence-electron chi connectivity index (χ4n) is 8.10. The Kier molecular flexibility index (Phi) is 15.2. The number of hydrogen-bond donors (Lipinski definition) is 0. The third kappa shape index (κ3) is 10.9. The molecule has 19 heteroatoms. The first-order valence-corrected chi connectivity index (χ1v) is 23.5. The largest absolute Gasteiger partial charge is 0.429 e. The predicted octanol–water partition coefficient (Wildman–Crippen LogP) is 7.88. The average Bonchev–Trinajstić information content (AvgIpc) is 4.23. The van der Waals surface area contributed by atoms with E-state index in [4.69, 9.17) is 14.2 Å². The van der Waals surface area contributed by atoms with Crippen molar-refractivity contribution >= 4 is 99.3 Å². The van der Waals surface area contributed by atoms with Gasteiger partial charge in [-0.25, -0.2) is 14.4 Å². The van der Waals surface area contributed by atoms with Crippen molar-refractivity contribution < 1.29 is 43.0 Å². The first-order valence-electron chi connectivity index (χ1n) is 21.7. The first-order chi connectivity index (χ1) is 33.2. The Morgan fingerprint density at radius 2 is 0.853 bits per heavy atom. The lowest BCUT2D eigenvalue weighted by atomic mass is 10.2. The fourth-order valence-corrected chi connectivity index (χ4v) is 9.49. The molecule has 6 aromatic rings. The minimum Gasteiger partial charge on any atom is -0.429 e. The molecule has 0 saturated carbocycles. The number of anilines is 7. The van der Waals surface area contributed by atoms with Crippen molar-refractivity contribution in [2.24, 2.45) is 0 Å². The lowest BCUT2D eigenvalue weighted by Gasteiger charge is -2.34. The van der Waals surface area contributed by atoms with Crippen LogP contribution in [-0.2, 0) is 14.4 Å². The number of carbonyl (C=O) groups is 6. The highest BCUT2D eigenvalue weighted by atomic mass is 32.1. The Balaban J connectivity index is 0.000000141. The predicted molar refractivity (Wildman–Crippen MR) is 264 cm³/mol. The number of benzene rings is 4. The van der Waals surface area contributed by atoms with Crippen LogP contribution in [0.2, 0.25) is 0 Å². The van der Waals surface area contributed by atoms with Gasteiger partial charge in [-0.3, -0.25) is 43.8 Å². The SMILES string of the molecule is CN1CCN(c2ccc(N3CCN(c4cccc(OC=O)c4)C3=O)cc2)CC1.O=COc1cccc(N2CCN(c3cccs3)C2=O)c1.O=COc1cccc(N2CCN(c3ccsc3)C2=O)c1. The van der Waals surface area contributed by atoms with Gasteiger partial charge < -0.3 is 24.0 Å². The van der Waals surface area contributed by atoms with Crippen LogP contribution in [0.3, 0.4) is 0 Å². The van der Waals surface area contributed by atoms with E-state index in [0.717, 1.165) is 59.6 Å². The summed E-state index contributed by atoms with van der Waals surface area (Å²) < 4.78 is 14.5. The van der Waals surface area contributed by atoms with Crippen molar-refractivity contribution in [2.45, 2.75) is 0 Å². The monoisotopic (exact) mass is 956 g/mol. The average molecular weight is 957 g/mol. The highest BCUT2D eigenvalue weighted by molar-refractivity contribution is 7.14. The molecule has 0 radical (unpaired) electrons. The third-order valence-electron chi connectivity index (χ3n) is 11.6. The van der Waals surface area contributed by atoms with Crippen LogP contribution in [0.1, 0.15) is 0 Å². The minimum atomic E-state index is -0.0735. The quantitative estimate of drug-likeness (QED) is 0.104. The normalized spacial score (nSPS) is 16.0. The molecule has 68 heavy (non-hydrogen) atoms. The summed E-state index contributed by atoms with van der Waals surface area (Å²) in [5, 5.41) is 6.79. The van der Waals surface area contributed by atoms with E-state index in [0.29, 0.717) is 75.9 Å². The Morgan fingerprint density at radius 3 is 1.28 bits per heavy atom. The van der Waals surface area contributed by atoms with Crippen LogP contribution in [0.5, 0.6) is 17.2 Å². The van der Waals surface area contributed by atoms with Crippen LogP contribution >= 0.6 is 22.7 Å². The molecule has 6 amide bonds. The molecule has 6 heterocycles. The highest BCUT2D eigenvalue weighted by Crippen LogP contribution is 2.32. The zero-order valence-corrected chi connectivity index (χ0v) is 38.7. The van der Waals surface area contributed by atoms with Crippen molar-refractivity contribution in [3.63, 3.8) is 0 Å². The lowest BCUT2D eigenvalue weighted by Crippen LogP contribution is -2.44. The molecule has 4 aliphatic heterocycles. The van der Waals surface area contributed by atoms with E-state index in [1.54, 1.807) is 95.3 Å². The van der Waals surface area contributed by atoms with Crippen molar-refractivity contribution in [3.8, 4) is 17.2 Å². The molecular formula is C49H48N8O9S2. The zero-order valence-electron chi connectivity index (χ0n) is 37.1. The van der Waals surface area contributed by atoms with Crippen LogP contribution in [0.25, 0.3) is 0 Å². The topological polar surface area (TPSA) is 156 Å². The molecule has 0 aliphatic carbocycles. The smallest absolute Gasteiger partial charge is 0.329 e. The maximum Gasteiger partial charge on any atom is 0.329 e. The number of ether oxygens (including phenoxy) is 3. The molecule has 0 unspecified atom stereocenters. The van der Waals surface area contributed by atoms with E-state index < -0.39 is 0 Å². The summed E-state index contributed by atoms with van der Waals surface area (Å²) in [6.07, 6.45) is 0. The number of hydrogen-bond acceptors (Lipinski definition) is 13. The van der Waals surface area contributed by atoms with Crippen molar-refractivity contribution in [1.29, 1.82) is 0 Å². The minimum absolute atomic E-state index is 0.0595. The molecule has 4 fully saturated rings. The second-order valence-electron chi connectivity index (χ2n) is 15.6. The number of thiophene rings is 2. The van der Waals surface area contributed by atoms with Gasteiger partial charge >= 0.3 is 18.1 Å². The molecule has 4 aliphatic rings. The summed E-state index contributed by atoms with van der Waals surface area (Å²) in [6, 6.07) is 34.7. The van der Waals surface area contributed by atoms with Crippen LogP contribution in [-0.4, -0.2) is 115 Å². The molecule has 0 spiro atoms. The zero-order chi connectivity index (χ0) is 47.4. The van der Waals surface area contributed by atoms with Crippen LogP contribution < -0.4 is 48.5 Å². The number of piperazine rings is 1. The van der Waals surface area contributed by atoms with Gasteiger partial charge in [-0.2, -0.15) is 11.3 Å². The summed E-state index contributed by atoms with van der Waals surface area (Å²) in [4.78, 5) is 84.1. The van der Waals surface area contributed by atoms with Crippen LogP contribution in [0.4, 0.5) is 53.5 Å². The van der Waals surface area contributed by atoms with Crippen molar-refractivity contribution in [1.82, 2.24) is 4.90 Å². The molecule has 0 atom stereocenters. The number of urea groups is 3.